The quantitative estimate of drug-likeness (QED) is 0.726. The second-order valence-corrected chi connectivity index (χ2v) is 7.59. The van der Waals surface area contributed by atoms with Crippen LogP contribution in [0, 0.1) is 6.92 Å². The number of nitrogens with zero attached hydrogens (tertiary/aromatic N) is 1. The minimum Gasteiger partial charge on any atom is -0.496 e. The standard InChI is InChI=1S/C21H24N2O3/c1-12-9-14-15(10-13-7-6-8-16(22-13)20(24)25)19(21(2,3)4)23-17(14)11-18(12)26-5/h6-9,11,23H,10H2,1-5H3,(H,24,25). The van der Waals surface area contributed by atoms with Crippen molar-refractivity contribution in [1.29, 1.82) is 0 Å². The van der Waals surface area contributed by atoms with Gasteiger partial charge in [0.25, 0.3) is 0 Å². The molecule has 136 valence electrons. The number of rotatable bonds is 4. The lowest BCUT2D eigenvalue weighted by Crippen LogP contribution is -2.14. The summed E-state index contributed by atoms with van der Waals surface area (Å²) in [6.45, 7) is 8.50. The predicted octanol–water partition coefficient (Wildman–Crippen LogP) is 4.47. The summed E-state index contributed by atoms with van der Waals surface area (Å²) < 4.78 is 5.45. The molecule has 0 amide bonds. The van der Waals surface area contributed by atoms with Crippen LogP contribution in [0.25, 0.3) is 10.9 Å². The number of pyridine rings is 1. The number of carbonyl (C=O) groups is 1. The number of carboxylic acid groups (broad SMARTS) is 1. The molecule has 26 heavy (non-hydrogen) atoms. The topological polar surface area (TPSA) is 75.2 Å². The Morgan fingerprint density at radius 3 is 2.62 bits per heavy atom. The molecule has 1 aromatic carbocycles. The van der Waals surface area contributed by atoms with Crippen molar-refractivity contribution in [2.24, 2.45) is 0 Å². The summed E-state index contributed by atoms with van der Waals surface area (Å²) in [7, 11) is 1.67. The zero-order chi connectivity index (χ0) is 19.1. The number of fused-ring (bicyclic) bond motifs is 1. The van der Waals surface area contributed by atoms with Gasteiger partial charge in [0, 0.05) is 40.2 Å². The number of ether oxygens (including phenoxy) is 1. The van der Waals surface area contributed by atoms with Crippen molar-refractivity contribution in [3.8, 4) is 5.75 Å². The van der Waals surface area contributed by atoms with Crippen molar-refractivity contribution in [1.82, 2.24) is 9.97 Å². The van der Waals surface area contributed by atoms with E-state index in [9.17, 15) is 9.90 Å². The summed E-state index contributed by atoms with van der Waals surface area (Å²) in [6, 6.07) is 9.27. The molecule has 5 nitrogen and oxygen atoms in total. The summed E-state index contributed by atoms with van der Waals surface area (Å²) in [5.41, 5.74) is 5.08. The Hall–Kier alpha value is -2.82. The second kappa shape index (κ2) is 6.48. The van der Waals surface area contributed by atoms with Crippen molar-refractivity contribution in [2.45, 2.75) is 39.5 Å². The average molecular weight is 352 g/mol. The van der Waals surface area contributed by atoms with E-state index in [4.69, 9.17) is 4.74 Å². The molecule has 0 bridgehead atoms. The molecule has 0 aliphatic heterocycles. The van der Waals surface area contributed by atoms with Crippen molar-refractivity contribution in [2.75, 3.05) is 7.11 Å². The number of nitrogens with one attached hydrogen (secondary N) is 1. The van der Waals surface area contributed by atoms with Gasteiger partial charge in [0.15, 0.2) is 0 Å². The largest absolute Gasteiger partial charge is 0.496 e. The Morgan fingerprint density at radius 1 is 1.27 bits per heavy atom. The first-order chi connectivity index (χ1) is 12.2. The summed E-state index contributed by atoms with van der Waals surface area (Å²) in [5, 5.41) is 10.3. The smallest absolute Gasteiger partial charge is 0.354 e. The van der Waals surface area contributed by atoms with E-state index >= 15 is 0 Å². The molecule has 3 aromatic rings. The summed E-state index contributed by atoms with van der Waals surface area (Å²) in [6.07, 6.45) is 0.569. The van der Waals surface area contributed by atoms with Gasteiger partial charge in [-0.3, -0.25) is 0 Å². The van der Waals surface area contributed by atoms with Gasteiger partial charge in [-0.15, -0.1) is 0 Å². The fourth-order valence-corrected chi connectivity index (χ4v) is 3.31. The molecule has 0 aliphatic rings. The van der Waals surface area contributed by atoms with Crippen LogP contribution in [0.1, 0.15) is 53.8 Å². The van der Waals surface area contributed by atoms with Gasteiger partial charge in [0.1, 0.15) is 11.4 Å². The van der Waals surface area contributed by atoms with Crippen molar-refractivity contribution < 1.29 is 14.6 Å². The highest BCUT2D eigenvalue weighted by Gasteiger charge is 2.24. The summed E-state index contributed by atoms with van der Waals surface area (Å²) >= 11 is 0. The van der Waals surface area contributed by atoms with Crippen LogP contribution >= 0.6 is 0 Å². The predicted molar refractivity (Wildman–Crippen MR) is 102 cm³/mol. The number of carboxylic acids is 1. The van der Waals surface area contributed by atoms with E-state index in [-0.39, 0.29) is 11.1 Å². The van der Waals surface area contributed by atoms with Crippen molar-refractivity contribution in [3.05, 3.63) is 58.5 Å². The maximum absolute atomic E-state index is 11.2. The second-order valence-electron chi connectivity index (χ2n) is 7.59. The first-order valence-corrected chi connectivity index (χ1v) is 8.59. The van der Waals surface area contributed by atoms with Gasteiger partial charge in [-0.25, -0.2) is 9.78 Å². The van der Waals surface area contributed by atoms with Crippen LogP contribution < -0.4 is 4.74 Å². The third kappa shape index (κ3) is 3.29. The molecule has 0 saturated heterocycles. The third-order valence-electron chi connectivity index (χ3n) is 4.56. The molecule has 2 aromatic heterocycles. The molecule has 5 heteroatoms. The number of hydrogen-bond donors (Lipinski definition) is 2. The van der Waals surface area contributed by atoms with Gasteiger partial charge in [-0.05, 0) is 36.2 Å². The number of benzene rings is 1. The van der Waals surface area contributed by atoms with Crippen LogP contribution in [-0.2, 0) is 11.8 Å². The molecule has 0 spiro atoms. The normalized spacial score (nSPS) is 11.7. The van der Waals surface area contributed by atoms with E-state index in [0.717, 1.165) is 39.2 Å². The molecule has 0 aliphatic carbocycles. The lowest BCUT2D eigenvalue weighted by Gasteiger charge is -2.19. The maximum Gasteiger partial charge on any atom is 0.354 e. The van der Waals surface area contributed by atoms with E-state index in [0.29, 0.717) is 6.42 Å². The minimum absolute atomic E-state index is 0.0671. The van der Waals surface area contributed by atoms with Gasteiger partial charge in [0.05, 0.1) is 7.11 Å². The van der Waals surface area contributed by atoms with E-state index < -0.39 is 5.97 Å². The molecule has 2 heterocycles. The molecule has 0 unspecified atom stereocenters. The van der Waals surface area contributed by atoms with E-state index in [2.05, 4.69) is 36.8 Å². The van der Waals surface area contributed by atoms with Crippen LogP contribution in [0.5, 0.6) is 5.75 Å². The Balaban J connectivity index is 2.18. The highest BCUT2D eigenvalue weighted by molar-refractivity contribution is 5.88. The molecule has 0 radical (unpaired) electrons. The summed E-state index contributed by atoms with van der Waals surface area (Å²) in [4.78, 5) is 19.1. The van der Waals surface area contributed by atoms with Crippen molar-refractivity contribution >= 4 is 16.9 Å². The van der Waals surface area contributed by atoms with Crippen LogP contribution in [0.15, 0.2) is 30.3 Å². The molecule has 0 saturated carbocycles. The van der Waals surface area contributed by atoms with Gasteiger partial charge < -0.3 is 14.8 Å². The van der Waals surface area contributed by atoms with Gasteiger partial charge >= 0.3 is 5.97 Å². The number of H-pyrrole nitrogens is 1. The lowest BCUT2D eigenvalue weighted by molar-refractivity contribution is 0.0690. The van der Waals surface area contributed by atoms with Crippen LogP contribution in [-0.4, -0.2) is 28.2 Å². The summed E-state index contributed by atoms with van der Waals surface area (Å²) in [5.74, 6) is -0.167. The number of aryl methyl sites for hydroxylation is 1. The first kappa shape index (κ1) is 18.0. The lowest BCUT2D eigenvalue weighted by atomic mass is 9.87. The number of aromatic nitrogens is 2. The van der Waals surface area contributed by atoms with Crippen LogP contribution in [0.3, 0.4) is 0 Å². The molecule has 0 atom stereocenters. The highest BCUT2D eigenvalue weighted by Crippen LogP contribution is 2.35. The average Bonchev–Trinajstić information content (AvgIpc) is 2.92. The van der Waals surface area contributed by atoms with E-state index in [1.165, 1.54) is 6.07 Å². The Kier molecular flexibility index (Phi) is 4.48. The molecule has 3 rings (SSSR count). The zero-order valence-electron chi connectivity index (χ0n) is 15.8. The third-order valence-corrected chi connectivity index (χ3v) is 4.56. The fraction of sp³-hybridized carbons (Fsp3) is 0.333. The molecule has 0 fully saturated rings. The zero-order valence-corrected chi connectivity index (χ0v) is 15.8. The Labute approximate surface area is 153 Å². The SMILES string of the molecule is COc1cc2[nH]c(C(C)(C)C)c(Cc3cccc(C(=O)O)n3)c2cc1C. The molecular weight excluding hydrogens is 328 g/mol. The first-order valence-electron chi connectivity index (χ1n) is 8.59. The van der Waals surface area contributed by atoms with Gasteiger partial charge in [-0.2, -0.15) is 0 Å². The van der Waals surface area contributed by atoms with E-state index in [1.54, 1.807) is 13.2 Å². The van der Waals surface area contributed by atoms with Gasteiger partial charge in [-0.1, -0.05) is 26.8 Å². The fourth-order valence-electron chi connectivity index (χ4n) is 3.31. The highest BCUT2D eigenvalue weighted by atomic mass is 16.5. The molecular formula is C21H24N2O3. The van der Waals surface area contributed by atoms with Gasteiger partial charge in [0.2, 0.25) is 0 Å². The Morgan fingerprint density at radius 2 is 2.00 bits per heavy atom. The van der Waals surface area contributed by atoms with Crippen LogP contribution in [0.4, 0.5) is 0 Å². The number of methoxy groups -OCH3 is 1. The minimum atomic E-state index is -1.01. The number of aromatic amines is 1. The maximum atomic E-state index is 11.2. The number of hydrogen-bond acceptors (Lipinski definition) is 3. The Bertz CT molecular complexity index is 981. The van der Waals surface area contributed by atoms with Crippen LogP contribution in [0.2, 0.25) is 0 Å². The van der Waals surface area contributed by atoms with Crippen molar-refractivity contribution in [3.63, 3.8) is 0 Å². The van der Waals surface area contributed by atoms with E-state index in [1.807, 2.05) is 19.1 Å². The molecule has 2 N–H and O–H groups in total. The number of aromatic carboxylic acids is 1. The monoisotopic (exact) mass is 352 g/mol.